The van der Waals surface area contributed by atoms with Gasteiger partial charge in [-0.15, -0.1) is 0 Å². The Bertz CT molecular complexity index is 380. The van der Waals surface area contributed by atoms with Crippen molar-refractivity contribution in [3.05, 3.63) is 0 Å². The molecule has 1 saturated heterocycles. The first-order chi connectivity index (χ1) is 8.66. The van der Waals surface area contributed by atoms with Crippen molar-refractivity contribution >= 4 is 11.9 Å². The predicted octanol–water partition coefficient (Wildman–Crippen LogP) is 1.07. The second-order valence-electron chi connectivity index (χ2n) is 5.67. The van der Waals surface area contributed by atoms with Gasteiger partial charge in [0.05, 0.1) is 0 Å². The maximum atomic E-state index is 11.9. The molecule has 1 heterocycles. The summed E-state index contributed by atoms with van der Waals surface area (Å²) in [6, 6.07) is 0.0310. The first kappa shape index (κ1) is 16.4. The SMILES string of the molecule is CC(=O)O[C@]1(CC(=O)OC(C)(C)C)C[C@H]([N]=[Pt])CN1. The molecule has 19 heavy (non-hydrogen) atoms. The Hall–Kier alpha value is -0.612. The van der Waals surface area contributed by atoms with Crippen molar-refractivity contribution in [1.29, 1.82) is 0 Å². The van der Waals surface area contributed by atoms with E-state index in [1.54, 1.807) is 20.8 Å². The molecular weight excluding hydrogens is 431 g/mol. The molecule has 1 aliphatic rings. The van der Waals surface area contributed by atoms with Crippen LogP contribution in [0.4, 0.5) is 0 Å². The molecule has 1 rings (SSSR count). The molecule has 0 aromatic carbocycles. The van der Waals surface area contributed by atoms with Crippen LogP contribution in [0.15, 0.2) is 3.50 Å². The molecule has 0 bridgehead atoms. The molecule has 0 aromatic rings. The summed E-state index contributed by atoms with van der Waals surface area (Å²) in [5.74, 6) is -0.819. The average Bonchev–Trinajstić information content (AvgIpc) is 2.56. The van der Waals surface area contributed by atoms with Gasteiger partial charge >= 0.3 is 124 Å². The number of hydrogen-bond acceptors (Lipinski definition) is 6. The predicted molar refractivity (Wildman–Crippen MR) is 63.8 cm³/mol. The number of rotatable bonds is 4. The molecule has 0 amide bonds. The molecule has 0 saturated carbocycles. The summed E-state index contributed by atoms with van der Waals surface area (Å²) in [4.78, 5) is 23.1. The Morgan fingerprint density at radius 3 is 2.53 bits per heavy atom. The van der Waals surface area contributed by atoms with Crippen LogP contribution < -0.4 is 5.32 Å². The van der Waals surface area contributed by atoms with E-state index in [4.69, 9.17) is 9.47 Å². The Morgan fingerprint density at radius 2 is 2.11 bits per heavy atom. The number of ether oxygens (including phenoxy) is 2. The molecule has 7 heteroatoms. The van der Waals surface area contributed by atoms with E-state index in [1.165, 1.54) is 6.92 Å². The molecule has 0 aliphatic carbocycles. The first-order valence-electron chi connectivity index (χ1n) is 6.11. The van der Waals surface area contributed by atoms with Gasteiger partial charge < -0.3 is 0 Å². The van der Waals surface area contributed by atoms with Crippen molar-refractivity contribution in [2.24, 2.45) is 3.50 Å². The third kappa shape index (κ3) is 5.49. The van der Waals surface area contributed by atoms with Crippen LogP contribution in [0.25, 0.3) is 0 Å². The quantitative estimate of drug-likeness (QED) is 0.648. The molecule has 0 unspecified atom stereocenters. The first-order valence-corrected chi connectivity index (χ1v) is 7.12. The second kappa shape index (κ2) is 6.23. The number of carbonyl (C=O) groups is 2. The van der Waals surface area contributed by atoms with Crippen LogP contribution in [0.3, 0.4) is 0 Å². The monoisotopic (exact) mass is 451 g/mol. The van der Waals surface area contributed by atoms with Crippen LogP contribution in [0.5, 0.6) is 0 Å². The van der Waals surface area contributed by atoms with Gasteiger partial charge in [0.2, 0.25) is 0 Å². The molecule has 1 aliphatic heterocycles. The van der Waals surface area contributed by atoms with Crippen molar-refractivity contribution in [3.63, 3.8) is 0 Å². The van der Waals surface area contributed by atoms with E-state index >= 15 is 0 Å². The van der Waals surface area contributed by atoms with Crippen molar-refractivity contribution in [3.8, 4) is 0 Å². The number of carbonyl (C=O) groups excluding carboxylic acids is 2. The fraction of sp³-hybridized carbons (Fsp3) is 0.833. The molecule has 1 fully saturated rings. The molecular formula is C12H20N2O4Pt. The molecule has 6 nitrogen and oxygen atoms in total. The minimum absolute atomic E-state index is 0.00718. The van der Waals surface area contributed by atoms with E-state index in [1.807, 2.05) is 19.6 Å². The molecule has 0 aromatic heterocycles. The van der Waals surface area contributed by atoms with Gasteiger partial charge in [-0.2, -0.15) is 0 Å². The van der Waals surface area contributed by atoms with Crippen LogP contribution >= 0.6 is 0 Å². The van der Waals surface area contributed by atoms with Crippen LogP contribution in [0.1, 0.15) is 40.5 Å². The molecule has 0 spiro atoms. The average molecular weight is 451 g/mol. The second-order valence-corrected chi connectivity index (χ2v) is 6.26. The van der Waals surface area contributed by atoms with Crippen LogP contribution in [0, 0.1) is 0 Å². The van der Waals surface area contributed by atoms with Crippen molar-refractivity contribution in [2.45, 2.75) is 57.9 Å². The van der Waals surface area contributed by atoms with Gasteiger partial charge in [-0.3, -0.25) is 0 Å². The Labute approximate surface area is 124 Å². The van der Waals surface area contributed by atoms with Gasteiger partial charge in [0, 0.05) is 0 Å². The zero-order chi connectivity index (χ0) is 14.7. The Morgan fingerprint density at radius 1 is 1.47 bits per heavy atom. The van der Waals surface area contributed by atoms with Gasteiger partial charge in [0.25, 0.3) is 0 Å². The topological polar surface area (TPSA) is 77.0 Å². The van der Waals surface area contributed by atoms with E-state index in [2.05, 4.69) is 8.81 Å². The molecule has 112 valence electrons. The summed E-state index contributed by atoms with van der Waals surface area (Å²) in [6.07, 6.45) is 0.474. The van der Waals surface area contributed by atoms with E-state index in [0.717, 1.165) is 0 Å². The van der Waals surface area contributed by atoms with Gasteiger partial charge in [-0.25, -0.2) is 0 Å². The fourth-order valence-corrected chi connectivity index (χ4v) is 2.44. The zero-order valence-corrected chi connectivity index (χ0v) is 13.9. The van der Waals surface area contributed by atoms with E-state index in [-0.39, 0.29) is 12.5 Å². The third-order valence-corrected chi connectivity index (χ3v) is 3.36. The Kier molecular flexibility index (Phi) is 5.39. The third-order valence-electron chi connectivity index (χ3n) is 2.53. The van der Waals surface area contributed by atoms with E-state index < -0.39 is 23.3 Å². The summed E-state index contributed by atoms with van der Waals surface area (Å²) in [5.41, 5.74) is -1.55. The normalized spacial score (nSPS) is 26.9. The zero-order valence-electron chi connectivity index (χ0n) is 11.6. The molecule has 0 radical (unpaired) electrons. The standard InChI is InChI=1S/C12H20N2O4.Pt/c1-8(15)17-12(5-9(13)7-14-12)6-10(16)18-11(2,3)4;/h9,14H,5-7H2,1-4H3;/t9-,12-;/m0./s1. The van der Waals surface area contributed by atoms with Crippen molar-refractivity contribution < 1.29 is 38.7 Å². The minimum atomic E-state index is -0.992. The number of nitrogens with zero attached hydrogens (tertiary/aromatic N) is 1. The van der Waals surface area contributed by atoms with Gasteiger partial charge in [-0.1, -0.05) is 0 Å². The summed E-state index contributed by atoms with van der Waals surface area (Å²) in [7, 11) is 0. The van der Waals surface area contributed by atoms with Crippen LogP contribution in [-0.2, 0) is 38.7 Å². The maximum absolute atomic E-state index is 11.9. The molecule has 1 N–H and O–H groups in total. The van der Waals surface area contributed by atoms with Gasteiger partial charge in [0.1, 0.15) is 0 Å². The van der Waals surface area contributed by atoms with Crippen molar-refractivity contribution in [2.75, 3.05) is 6.54 Å². The van der Waals surface area contributed by atoms with E-state index in [9.17, 15) is 9.59 Å². The van der Waals surface area contributed by atoms with Gasteiger partial charge in [-0.05, 0) is 0 Å². The van der Waals surface area contributed by atoms with Crippen LogP contribution in [-0.4, -0.2) is 35.9 Å². The van der Waals surface area contributed by atoms with Gasteiger partial charge in [0.15, 0.2) is 0 Å². The summed E-state index contributed by atoms with van der Waals surface area (Å²) >= 11 is 1.91. The number of hydrogen-bond donors (Lipinski definition) is 1. The Balaban J connectivity index is 2.73. The van der Waals surface area contributed by atoms with E-state index in [0.29, 0.717) is 13.0 Å². The fourth-order valence-electron chi connectivity index (χ4n) is 2.02. The summed E-state index contributed by atoms with van der Waals surface area (Å²) in [6.45, 7) is 7.31. The number of esters is 2. The van der Waals surface area contributed by atoms with Crippen molar-refractivity contribution in [1.82, 2.24) is 5.32 Å². The summed E-state index contributed by atoms with van der Waals surface area (Å²) < 4.78 is 14.7. The van der Waals surface area contributed by atoms with Crippen LogP contribution in [0.2, 0.25) is 0 Å². The number of nitrogens with one attached hydrogen (secondary N) is 1. The summed E-state index contributed by atoms with van der Waals surface area (Å²) in [5, 5.41) is 3.08. The molecule has 2 atom stereocenters.